The van der Waals surface area contributed by atoms with Crippen molar-refractivity contribution in [2.24, 2.45) is 5.92 Å². The first-order valence-electron chi connectivity index (χ1n) is 7.73. The smallest absolute Gasteiger partial charge is 0.143 e. The largest absolute Gasteiger partial charge is 0.299 e. The molecule has 0 amide bonds. The van der Waals surface area contributed by atoms with E-state index in [1.165, 1.54) is 5.56 Å². The van der Waals surface area contributed by atoms with E-state index in [2.05, 4.69) is 39.8 Å². The summed E-state index contributed by atoms with van der Waals surface area (Å²) in [6.45, 7) is 8.65. The Morgan fingerprint density at radius 3 is 1.95 bits per heavy atom. The summed E-state index contributed by atoms with van der Waals surface area (Å²) in [5, 5.41) is 0. The number of carbonyl (C=O) groups is 1. The van der Waals surface area contributed by atoms with Crippen molar-refractivity contribution in [1.82, 2.24) is 0 Å². The number of carbonyl (C=O) groups excluding carboxylic acids is 1. The summed E-state index contributed by atoms with van der Waals surface area (Å²) in [6, 6.07) is 10.3. The highest BCUT2D eigenvalue weighted by atomic mass is 16.1. The number of hydrogen-bond acceptors (Lipinski definition) is 1. The molecule has 0 bridgehead atoms. The summed E-state index contributed by atoms with van der Waals surface area (Å²) in [5.41, 5.74) is 0.917. The van der Waals surface area contributed by atoms with Crippen LogP contribution in [0, 0.1) is 5.92 Å². The number of ketones is 1. The molecular weight excluding hydrogens is 232 g/mol. The summed E-state index contributed by atoms with van der Waals surface area (Å²) in [7, 11) is 0. The van der Waals surface area contributed by atoms with Gasteiger partial charge in [0.2, 0.25) is 0 Å². The van der Waals surface area contributed by atoms with Crippen LogP contribution in [-0.4, -0.2) is 5.78 Å². The van der Waals surface area contributed by atoms with E-state index in [-0.39, 0.29) is 5.41 Å². The molecule has 0 fully saturated rings. The van der Waals surface area contributed by atoms with Crippen LogP contribution in [0.1, 0.15) is 65.4 Å². The molecule has 1 aromatic carbocycles. The van der Waals surface area contributed by atoms with E-state index in [0.717, 1.165) is 32.1 Å². The third-order valence-electron chi connectivity index (χ3n) is 4.70. The van der Waals surface area contributed by atoms with Crippen molar-refractivity contribution in [3.63, 3.8) is 0 Å². The Hall–Kier alpha value is -1.11. The van der Waals surface area contributed by atoms with Gasteiger partial charge in [-0.1, -0.05) is 70.9 Å². The Balaban J connectivity index is 3.03. The highest BCUT2D eigenvalue weighted by molar-refractivity contribution is 5.90. The molecule has 0 unspecified atom stereocenters. The summed E-state index contributed by atoms with van der Waals surface area (Å²) < 4.78 is 0. The van der Waals surface area contributed by atoms with Crippen LogP contribution >= 0.6 is 0 Å². The number of rotatable bonds is 8. The van der Waals surface area contributed by atoms with Gasteiger partial charge in [-0.15, -0.1) is 0 Å². The minimum absolute atomic E-state index is 0.274. The van der Waals surface area contributed by atoms with Gasteiger partial charge in [-0.25, -0.2) is 0 Å². The van der Waals surface area contributed by atoms with Crippen LogP contribution in [-0.2, 0) is 10.2 Å². The van der Waals surface area contributed by atoms with Gasteiger partial charge in [0.05, 0.1) is 5.41 Å². The predicted octanol–water partition coefficient (Wildman–Crippen LogP) is 5.14. The van der Waals surface area contributed by atoms with Crippen molar-refractivity contribution >= 4 is 5.78 Å². The van der Waals surface area contributed by atoms with Crippen molar-refractivity contribution in [3.05, 3.63) is 35.9 Å². The monoisotopic (exact) mass is 260 g/mol. The Morgan fingerprint density at radius 2 is 1.53 bits per heavy atom. The normalized spacial score (nSPS) is 11.8. The Bertz CT molecular complexity index is 372. The third-order valence-corrected chi connectivity index (χ3v) is 4.70. The molecule has 1 aromatic rings. The van der Waals surface area contributed by atoms with Gasteiger partial charge in [-0.3, -0.25) is 4.79 Å². The van der Waals surface area contributed by atoms with E-state index in [4.69, 9.17) is 0 Å². The molecule has 19 heavy (non-hydrogen) atoms. The van der Waals surface area contributed by atoms with Gasteiger partial charge in [0.1, 0.15) is 5.78 Å². The molecule has 1 nitrogen and oxygen atoms in total. The number of Topliss-reactive ketones (excluding diaryl/α,β-unsaturated/α-hetero) is 1. The van der Waals surface area contributed by atoms with Crippen LogP contribution in [0.5, 0.6) is 0 Å². The van der Waals surface area contributed by atoms with E-state index < -0.39 is 0 Å². The van der Waals surface area contributed by atoms with Crippen LogP contribution < -0.4 is 0 Å². The van der Waals surface area contributed by atoms with Crippen LogP contribution in [0.3, 0.4) is 0 Å². The Labute approximate surface area is 118 Å². The van der Waals surface area contributed by atoms with Crippen molar-refractivity contribution in [2.45, 2.75) is 65.2 Å². The highest BCUT2D eigenvalue weighted by Gasteiger charge is 2.36. The maximum Gasteiger partial charge on any atom is 0.143 e. The first-order valence-corrected chi connectivity index (χ1v) is 7.73. The maximum absolute atomic E-state index is 12.9. The molecule has 0 heterocycles. The van der Waals surface area contributed by atoms with Gasteiger partial charge in [0, 0.05) is 6.42 Å². The maximum atomic E-state index is 12.9. The minimum atomic E-state index is -0.274. The molecule has 1 rings (SSSR count). The molecule has 106 valence electrons. The summed E-state index contributed by atoms with van der Waals surface area (Å²) in [4.78, 5) is 12.9. The van der Waals surface area contributed by atoms with Gasteiger partial charge >= 0.3 is 0 Å². The van der Waals surface area contributed by atoms with Crippen LogP contribution in [0.15, 0.2) is 30.3 Å². The minimum Gasteiger partial charge on any atom is -0.299 e. The molecule has 0 aliphatic carbocycles. The molecule has 0 radical (unpaired) electrons. The second-order valence-electron chi connectivity index (χ2n) is 5.47. The molecule has 1 heteroatoms. The molecule has 0 atom stereocenters. The van der Waals surface area contributed by atoms with Gasteiger partial charge in [-0.05, 0) is 24.3 Å². The predicted molar refractivity (Wildman–Crippen MR) is 82.4 cm³/mol. The Morgan fingerprint density at radius 1 is 1.00 bits per heavy atom. The average molecular weight is 260 g/mol. The first-order chi connectivity index (χ1) is 9.14. The lowest BCUT2D eigenvalue weighted by Crippen LogP contribution is -2.35. The van der Waals surface area contributed by atoms with E-state index in [0.29, 0.717) is 11.7 Å². The summed E-state index contributed by atoms with van der Waals surface area (Å²) in [5.74, 6) is 0.964. The van der Waals surface area contributed by atoms with Gasteiger partial charge in [-0.2, -0.15) is 0 Å². The fraction of sp³-hybridized carbons (Fsp3) is 0.611. The third kappa shape index (κ3) is 3.46. The van der Waals surface area contributed by atoms with Gasteiger partial charge < -0.3 is 0 Å². The number of hydrogen-bond donors (Lipinski definition) is 0. The zero-order valence-electron chi connectivity index (χ0n) is 12.9. The van der Waals surface area contributed by atoms with Crippen LogP contribution in [0.25, 0.3) is 0 Å². The molecule has 0 saturated carbocycles. The molecule has 0 spiro atoms. The highest BCUT2D eigenvalue weighted by Crippen LogP contribution is 2.35. The van der Waals surface area contributed by atoms with Crippen molar-refractivity contribution in [2.75, 3.05) is 0 Å². The Kier molecular flexibility index (Phi) is 6.27. The lowest BCUT2D eigenvalue weighted by molar-refractivity contribution is -0.126. The molecule has 0 aliphatic rings. The van der Waals surface area contributed by atoms with Gasteiger partial charge in [0.15, 0.2) is 0 Å². The van der Waals surface area contributed by atoms with Crippen molar-refractivity contribution in [3.8, 4) is 0 Å². The van der Waals surface area contributed by atoms with E-state index in [1.807, 2.05) is 18.2 Å². The standard InChI is InChI=1S/C18H28O/c1-5-15(6-2)14-17(19)18(7-3,8-4)16-12-10-9-11-13-16/h9-13,15H,5-8,14H2,1-4H3. The summed E-state index contributed by atoms with van der Waals surface area (Å²) in [6.07, 6.45) is 4.71. The lowest BCUT2D eigenvalue weighted by atomic mass is 9.70. The molecule has 0 aromatic heterocycles. The van der Waals surface area contributed by atoms with Crippen LogP contribution in [0.4, 0.5) is 0 Å². The first kappa shape index (κ1) is 15.9. The molecular formula is C18H28O. The molecule has 0 N–H and O–H groups in total. The average Bonchev–Trinajstić information content (AvgIpc) is 2.47. The fourth-order valence-corrected chi connectivity index (χ4v) is 3.01. The topological polar surface area (TPSA) is 17.1 Å². The molecule has 0 aliphatic heterocycles. The SMILES string of the molecule is CCC(CC)CC(=O)C(CC)(CC)c1ccccc1. The van der Waals surface area contributed by atoms with E-state index in [1.54, 1.807) is 0 Å². The molecule has 0 saturated heterocycles. The quantitative estimate of drug-likeness (QED) is 0.632. The zero-order valence-corrected chi connectivity index (χ0v) is 12.9. The zero-order chi connectivity index (χ0) is 14.3. The second kappa shape index (κ2) is 7.47. The van der Waals surface area contributed by atoms with Crippen LogP contribution in [0.2, 0.25) is 0 Å². The van der Waals surface area contributed by atoms with Crippen molar-refractivity contribution in [1.29, 1.82) is 0 Å². The lowest BCUT2D eigenvalue weighted by Gasteiger charge is -2.32. The van der Waals surface area contributed by atoms with E-state index >= 15 is 0 Å². The van der Waals surface area contributed by atoms with Crippen molar-refractivity contribution < 1.29 is 4.79 Å². The van der Waals surface area contributed by atoms with Gasteiger partial charge in [0.25, 0.3) is 0 Å². The fourth-order valence-electron chi connectivity index (χ4n) is 3.01. The summed E-state index contributed by atoms with van der Waals surface area (Å²) >= 11 is 0. The van der Waals surface area contributed by atoms with E-state index in [9.17, 15) is 4.79 Å². The second-order valence-corrected chi connectivity index (χ2v) is 5.47. The number of benzene rings is 1.